The molecule has 2 aromatic carbocycles. The summed E-state index contributed by atoms with van der Waals surface area (Å²) >= 11 is 0. The molecule has 2 rings (SSSR count). The standard InChI is InChI=1S/C17H21N3O/c1-4-20(16-7-5-6-14(18)12-16)17(21)13-8-10-15(11-9-13)19(2)3/h5-12H,4,18H2,1-3H3. The first kappa shape index (κ1) is 14.9. The Morgan fingerprint density at radius 2 is 1.71 bits per heavy atom. The van der Waals surface area contributed by atoms with Gasteiger partial charge in [-0.3, -0.25) is 4.79 Å². The number of carbonyl (C=O) groups is 1. The Bertz CT molecular complexity index is 620. The Labute approximate surface area is 125 Å². The molecule has 0 aliphatic rings. The van der Waals surface area contributed by atoms with Crippen LogP contribution in [0.1, 0.15) is 17.3 Å². The SMILES string of the molecule is CCN(C(=O)c1ccc(N(C)C)cc1)c1cccc(N)c1. The Morgan fingerprint density at radius 3 is 2.24 bits per heavy atom. The number of carbonyl (C=O) groups excluding carboxylic acids is 1. The van der Waals surface area contributed by atoms with Crippen LogP contribution in [0.15, 0.2) is 48.5 Å². The average Bonchev–Trinajstić information content (AvgIpc) is 2.48. The van der Waals surface area contributed by atoms with Gasteiger partial charge in [-0.1, -0.05) is 6.07 Å². The lowest BCUT2D eigenvalue weighted by atomic mass is 10.1. The summed E-state index contributed by atoms with van der Waals surface area (Å²) in [6, 6.07) is 15.0. The fourth-order valence-corrected chi connectivity index (χ4v) is 2.19. The molecule has 0 aliphatic carbocycles. The zero-order valence-electron chi connectivity index (χ0n) is 12.7. The molecule has 21 heavy (non-hydrogen) atoms. The molecule has 2 aromatic rings. The molecule has 0 unspecified atom stereocenters. The Balaban J connectivity index is 2.28. The molecule has 4 nitrogen and oxygen atoms in total. The van der Waals surface area contributed by atoms with E-state index in [4.69, 9.17) is 5.73 Å². The number of nitrogens with two attached hydrogens (primary N) is 1. The normalized spacial score (nSPS) is 10.2. The van der Waals surface area contributed by atoms with Crippen LogP contribution in [0.3, 0.4) is 0 Å². The van der Waals surface area contributed by atoms with Crippen LogP contribution < -0.4 is 15.5 Å². The molecule has 110 valence electrons. The van der Waals surface area contributed by atoms with Crippen molar-refractivity contribution in [3.63, 3.8) is 0 Å². The van der Waals surface area contributed by atoms with Crippen molar-refractivity contribution in [2.45, 2.75) is 6.92 Å². The Morgan fingerprint density at radius 1 is 1.05 bits per heavy atom. The minimum Gasteiger partial charge on any atom is -0.399 e. The maximum atomic E-state index is 12.6. The van der Waals surface area contributed by atoms with Gasteiger partial charge in [-0.15, -0.1) is 0 Å². The lowest BCUT2D eigenvalue weighted by Gasteiger charge is -2.22. The van der Waals surface area contributed by atoms with E-state index in [9.17, 15) is 4.79 Å². The Hall–Kier alpha value is -2.49. The van der Waals surface area contributed by atoms with Gasteiger partial charge in [-0.2, -0.15) is 0 Å². The van der Waals surface area contributed by atoms with Crippen molar-refractivity contribution >= 4 is 23.0 Å². The summed E-state index contributed by atoms with van der Waals surface area (Å²) in [5.41, 5.74) is 9.01. The number of rotatable bonds is 4. The molecule has 0 saturated carbocycles. The van der Waals surface area contributed by atoms with Gasteiger partial charge in [-0.25, -0.2) is 0 Å². The number of benzene rings is 2. The van der Waals surface area contributed by atoms with Crippen LogP contribution in [-0.4, -0.2) is 26.5 Å². The van der Waals surface area contributed by atoms with Crippen LogP contribution in [-0.2, 0) is 0 Å². The van der Waals surface area contributed by atoms with E-state index in [1.54, 1.807) is 4.90 Å². The molecule has 0 atom stereocenters. The zero-order valence-corrected chi connectivity index (χ0v) is 12.7. The van der Waals surface area contributed by atoms with Crippen molar-refractivity contribution in [3.05, 3.63) is 54.1 Å². The van der Waals surface area contributed by atoms with E-state index >= 15 is 0 Å². The van der Waals surface area contributed by atoms with Crippen molar-refractivity contribution < 1.29 is 4.79 Å². The topological polar surface area (TPSA) is 49.6 Å². The molecule has 0 saturated heterocycles. The van der Waals surface area contributed by atoms with E-state index in [1.807, 2.05) is 74.4 Å². The molecular weight excluding hydrogens is 262 g/mol. The third-order valence-corrected chi connectivity index (χ3v) is 3.37. The van der Waals surface area contributed by atoms with Gasteiger partial charge in [0, 0.05) is 43.3 Å². The summed E-state index contributed by atoms with van der Waals surface area (Å²) < 4.78 is 0. The maximum absolute atomic E-state index is 12.6. The second kappa shape index (κ2) is 6.31. The van der Waals surface area contributed by atoms with Gasteiger partial charge >= 0.3 is 0 Å². The van der Waals surface area contributed by atoms with E-state index < -0.39 is 0 Å². The molecule has 0 aliphatic heterocycles. The number of nitrogens with zero attached hydrogens (tertiary/aromatic N) is 2. The molecule has 4 heteroatoms. The summed E-state index contributed by atoms with van der Waals surface area (Å²) in [5, 5.41) is 0. The first-order chi connectivity index (χ1) is 10.0. The van der Waals surface area contributed by atoms with Gasteiger partial charge in [0.25, 0.3) is 5.91 Å². The van der Waals surface area contributed by atoms with Gasteiger partial charge in [0.05, 0.1) is 0 Å². The van der Waals surface area contributed by atoms with Gasteiger partial charge in [0.1, 0.15) is 0 Å². The molecule has 0 radical (unpaired) electrons. The first-order valence-electron chi connectivity index (χ1n) is 6.97. The van der Waals surface area contributed by atoms with Crippen LogP contribution in [0, 0.1) is 0 Å². The molecule has 1 amide bonds. The fraction of sp³-hybridized carbons (Fsp3) is 0.235. The quantitative estimate of drug-likeness (QED) is 0.878. The summed E-state index contributed by atoms with van der Waals surface area (Å²) in [7, 11) is 3.95. The molecule has 0 bridgehead atoms. The van der Waals surface area contributed by atoms with Gasteiger partial charge in [0.2, 0.25) is 0 Å². The third kappa shape index (κ3) is 3.34. The average molecular weight is 283 g/mol. The van der Waals surface area contributed by atoms with Crippen LogP contribution in [0.4, 0.5) is 17.1 Å². The molecular formula is C17H21N3O. The van der Waals surface area contributed by atoms with Crippen molar-refractivity contribution in [2.75, 3.05) is 36.2 Å². The Kier molecular flexibility index (Phi) is 4.48. The van der Waals surface area contributed by atoms with Crippen LogP contribution in [0.5, 0.6) is 0 Å². The van der Waals surface area contributed by atoms with Crippen molar-refractivity contribution in [2.24, 2.45) is 0 Å². The van der Waals surface area contributed by atoms with Crippen LogP contribution in [0.25, 0.3) is 0 Å². The van der Waals surface area contributed by atoms with Gasteiger partial charge in [0.15, 0.2) is 0 Å². The number of hydrogen-bond donors (Lipinski definition) is 1. The molecule has 0 fully saturated rings. The molecule has 0 spiro atoms. The number of hydrogen-bond acceptors (Lipinski definition) is 3. The lowest BCUT2D eigenvalue weighted by molar-refractivity contribution is 0.0988. The third-order valence-electron chi connectivity index (χ3n) is 3.37. The summed E-state index contributed by atoms with van der Waals surface area (Å²) in [4.78, 5) is 16.4. The van der Waals surface area contributed by atoms with Crippen molar-refractivity contribution in [3.8, 4) is 0 Å². The predicted molar refractivity (Wildman–Crippen MR) is 89.0 cm³/mol. The molecule has 0 aromatic heterocycles. The highest BCUT2D eigenvalue weighted by Crippen LogP contribution is 2.21. The lowest BCUT2D eigenvalue weighted by Crippen LogP contribution is -2.30. The van der Waals surface area contributed by atoms with Gasteiger partial charge < -0.3 is 15.5 Å². The van der Waals surface area contributed by atoms with Crippen molar-refractivity contribution in [1.82, 2.24) is 0 Å². The van der Waals surface area contributed by atoms with E-state index in [0.717, 1.165) is 11.4 Å². The summed E-state index contributed by atoms with van der Waals surface area (Å²) in [6.45, 7) is 2.55. The van der Waals surface area contributed by atoms with E-state index in [0.29, 0.717) is 17.8 Å². The number of amides is 1. The fourth-order valence-electron chi connectivity index (χ4n) is 2.19. The highest BCUT2D eigenvalue weighted by atomic mass is 16.2. The minimum atomic E-state index is -0.0200. The van der Waals surface area contributed by atoms with Crippen LogP contribution >= 0.6 is 0 Å². The van der Waals surface area contributed by atoms with E-state index in [1.165, 1.54) is 0 Å². The maximum Gasteiger partial charge on any atom is 0.258 e. The van der Waals surface area contributed by atoms with Crippen molar-refractivity contribution in [1.29, 1.82) is 0 Å². The largest absolute Gasteiger partial charge is 0.399 e. The zero-order chi connectivity index (χ0) is 15.4. The second-order valence-electron chi connectivity index (χ2n) is 5.09. The smallest absolute Gasteiger partial charge is 0.258 e. The van der Waals surface area contributed by atoms with Gasteiger partial charge in [-0.05, 0) is 49.4 Å². The second-order valence-corrected chi connectivity index (χ2v) is 5.09. The highest BCUT2D eigenvalue weighted by Gasteiger charge is 2.16. The first-order valence-corrected chi connectivity index (χ1v) is 6.97. The summed E-state index contributed by atoms with van der Waals surface area (Å²) in [6.07, 6.45) is 0. The molecule has 2 N–H and O–H groups in total. The number of anilines is 3. The predicted octanol–water partition coefficient (Wildman–Crippen LogP) is 3.00. The monoisotopic (exact) mass is 283 g/mol. The molecule has 0 heterocycles. The highest BCUT2D eigenvalue weighted by molar-refractivity contribution is 6.06. The van der Waals surface area contributed by atoms with Crippen LogP contribution in [0.2, 0.25) is 0 Å². The number of nitrogen functional groups attached to an aromatic ring is 1. The summed E-state index contributed by atoms with van der Waals surface area (Å²) in [5.74, 6) is -0.0200. The minimum absolute atomic E-state index is 0.0200. The van der Waals surface area contributed by atoms with E-state index in [-0.39, 0.29) is 5.91 Å². The van der Waals surface area contributed by atoms with E-state index in [2.05, 4.69) is 0 Å².